The fourth-order valence-electron chi connectivity index (χ4n) is 3.22. The average molecular weight is 293 g/mol. The normalized spacial score (nSPS) is 25.6. The van der Waals surface area contributed by atoms with E-state index in [1.54, 1.807) is 11.3 Å². The van der Waals surface area contributed by atoms with Crippen molar-refractivity contribution in [2.24, 2.45) is 5.92 Å². The van der Waals surface area contributed by atoms with Crippen LogP contribution >= 0.6 is 11.3 Å². The third-order valence-corrected chi connectivity index (χ3v) is 5.56. The number of carbonyl (C=O) groups excluding carboxylic acids is 1. The molecule has 0 bridgehead atoms. The van der Waals surface area contributed by atoms with Crippen molar-refractivity contribution in [2.45, 2.75) is 45.1 Å². The molecule has 1 aromatic rings. The van der Waals surface area contributed by atoms with E-state index < -0.39 is 12.0 Å². The maximum Gasteiger partial charge on any atom is 0.326 e. The lowest BCUT2D eigenvalue weighted by Gasteiger charge is -2.20. The summed E-state index contributed by atoms with van der Waals surface area (Å²) >= 11 is 1.56. The van der Waals surface area contributed by atoms with Crippen LogP contribution in [0.15, 0.2) is 6.07 Å². The van der Waals surface area contributed by atoms with Crippen LogP contribution in [0.25, 0.3) is 0 Å². The van der Waals surface area contributed by atoms with Crippen LogP contribution in [0.2, 0.25) is 0 Å². The van der Waals surface area contributed by atoms with E-state index in [1.165, 1.54) is 21.8 Å². The molecule has 3 rings (SSSR count). The molecular weight excluding hydrogens is 274 g/mol. The molecule has 1 N–H and O–H groups in total. The number of fused-ring (bicyclic) bond motifs is 1. The van der Waals surface area contributed by atoms with Gasteiger partial charge in [0.25, 0.3) is 5.91 Å². The molecular formula is C15H19NO3S. The summed E-state index contributed by atoms with van der Waals surface area (Å²) in [5, 5.41) is 9.19. The van der Waals surface area contributed by atoms with Crippen LogP contribution in [0, 0.1) is 5.92 Å². The highest BCUT2D eigenvalue weighted by Crippen LogP contribution is 2.33. The van der Waals surface area contributed by atoms with Gasteiger partial charge in [0, 0.05) is 11.4 Å². The summed E-state index contributed by atoms with van der Waals surface area (Å²) in [5.41, 5.74) is 1.29. The molecule has 1 saturated heterocycles. The molecule has 2 unspecified atom stereocenters. The number of thiophene rings is 1. The Balaban J connectivity index is 1.82. The standard InChI is InChI=1S/C15H19NO3S/c1-9-4-5-12-10(7-9)8-13(20-12)14(17)16-6-2-3-11(16)15(18)19/h8-9,11H,2-7H2,1H3,(H,18,19). The van der Waals surface area contributed by atoms with Crippen molar-refractivity contribution >= 4 is 23.2 Å². The minimum Gasteiger partial charge on any atom is -0.480 e. The molecule has 4 nitrogen and oxygen atoms in total. The maximum absolute atomic E-state index is 12.5. The lowest BCUT2D eigenvalue weighted by Crippen LogP contribution is -2.40. The Morgan fingerprint density at radius 2 is 2.20 bits per heavy atom. The molecule has 0 radical (unpaired) electrons. The van der Waals surface area contributed by atoms with Gasteiger partial charge in [-0.2, -0.15) is 0 Å². The minimum atomic E-state index is -0.884. The number of hydrogen-bond donors (Lipinski definition) is 1. The molecule has 2 aliphatic rings. The van der Waals surface area contributed by atoms with Gasteiger partial charge in [-0.25, -0.2) is 4.79 Å². The van der Waals surface area contributed by atoms with Gasteiger partial charge in [0.05, 0.1) is 4.88 Å². The molecule has 1 fully saturated rings. The highest BCUT2D eigenvalue weighted by Gasteiger charge is 2.35. The fraction of sp³-hybridized carbons (Fsp3) is 0.600. The van der Waals surface area contributed by atoms with Gasteiger partial charge in [0.2, 0.25) is 0 Å². The van der Waals surface area contributed by atoms with E-state index in [-0.39, 0.29) is 5.91 Å². The second kappa shape index (κ2) is 5.20. The molecule has 1 aliphatic carbocycles. The number of rotatable bonds is 2. The first kappa shape index (κ1) is 13.6. The average Bonchev–Trinajstić information content (AvgIpc) is 3.03. The molecule has 0 saturated carbocycles. The number of aliphatic carboxylic acids is 1. The van der Waals surface area contributed by atoms with Crippen molar-refractivity contribution < 1.29 is 14.7 Å². The Morgan fingerprint density at radius 1 is 1.40 bits per heavy atom. The molecule has 1 aromatic heterocycles. The SMILES string of the molecule is CC1CCc2sc(C(=O)N3CCCC3C(=O)O)cc2C1. The third-order valence-electron chi connectivity index (χ3n) is 4.34. The number of carboxylic acid groups (broad SMARTS) is 1. The molecule has 2 heterocycles. The van der Waals surface area contributed by atoms with Gasteiger partial charge in [-0.15, -0.1) is 11.3 Å². The van der Waals surface area contributed by atoms with Crippen LogP contribution < -0.4 is 0 Å². The number of nitrogens with zero attached hydrogens (tertiary/aromatic N) is 1. The Kier molecular flexibility index (Phi) is 3.54. The van der Waals surface area contributed by atoms with Crippen LogP contribution in [0.1, 0.15) is 46.3 Å². The molecule has 0 spiro atoms. The quantitative estimate of drug-likeness (QED) is 0.911. The fourth-order valence-corrected chi connectivity index (χ4v) is 4.38. The molecule has 1 aliphatic heterocycles. The Hall–Kier alpha value is -1.36. The van der Waals surface area contributed by atoms with Crippen LogP contribution in [0.3, 0.4) is 0 Å². The highest BCUT2D eigenvalue weighted by molar-refractivity contribution is 7.14. The first-order chi connectivity index (χ1) is 9.56. The maximum atomic E-state index is 12.5. The first-order valence-corrected chi connectivity index (χ1v) is 8.03. The van der Waals surface area contributed by atoms with Crippen LogP contribution in [0.4, 0.5) is 0 Å². The second-order valence-electron chi connectivity index (χ2n) is 5.90. The number of aryl methyl sites for hydroxylation is 1. The first-order valence-electron chi connectivity index (χ1n) is 7.21. The predicted molar refractivity (Wildman–Crippen MR) is 77.2 cm³/mol. The highest BCUT2D eigenvalue weighted by atomic mass is 32.1. The Bertz CT molecular complexity index is 551. The van der Waals surface area contributed by atoms with Crippen molar-refractivity contribution in [1.82, 2.24) is 4.90 Å². The van der Waals surface area contributed by atoms with Crippen molar-refractivity contribution in [3.05, 3.63) is 21.4 Å². The smallest absolute Gasteiger partial charge is 0.326 e. The minimum absolute atomic E-state index is 0.0954. The van der Waals surface area contributed by atoms with Crippen LogP contribution in [-0.4, -0.2) is 34.5 Å². The van der Waals surface area contributed by atoms with Crippen LogP contribution in [-0.2, 0) is 17.6 Å². The lowest BCUT2D eigenvalue weighted by molar-refractivity contribution is -0.141. The molecule has 2 atom stereocenters. The van der Waals surface area contributed by atoms with Crippen molar-refractivity contribution in [3.8, 4) is 0 Å². The van der Waals surface area contributed by atoms with E-state index in [0.717, 1.165) is 24.1 Å². The summed E-state index contributed by atoms with van der Waals surface area (Å²) in [4.78, 5) is 27.3. The number of hydrogen-bond acceptors (Lipinski definition) is 3. The van der Waals surface area contributed by atoms with Gasteiger partial charge in [-0.05, 0) is 49.7 Å². The van der Waals surface area contributed by atoms with Gasteiger partial charge >= 0.3 is 5.97 Å². The van der Waals surface area contributed by atoms with Gasteiger partial charge in [0.1, 0.15) is 6.04 Å². The van der Waals surface area contributed by atoms with Gasteiger partial charge in [0.15, 0.2) is 0 Å². The zero-order valence-corrected chi connectivity index (χ0v) is 12.4. The predicted octanol–water partition coefficient (Wildman–Crippen LogP) is 2.56. The largest absolute Gasteiger partial charge is 0.480 e. The molecule has 108 valence electrons. The monoisotopic (exact) mass is 293 g/mol. The van der Waals surface area contributed by atoms with Gasteiger partial charge in [-0.3, -0.25) is 4.79 Å². The summed E-state index contributed by atoms with van der Waals surface area (Å²) in [6, 6.07) is 1.36. The number of carboxylic acids is 1. The van der Waals surface area contributed by atoms with E-state index in [2.05, 4.69) is 6.92 Å². The number of carbonyl (C=O) groups is 2. The van der Waals surface area contributed by atoms with E-state index in [4.69, 9.17) is 0 Å². The summed E-state index contributed by atoms with van der Waals surface area (Å²) in [5.74, 6) is -0.300. The van der Waals surface area contributed by atoms with Crippen molar-refractivity contribution in [1.29, 1.82) is 0 Å². The van der Waals surface area contributed by atoms with Gasteiger partial charge < -0.3 is 10.0 Å². The van der Waals surface area contributed by atoms with E-state index in [9.17, 15) is 14.7 Å². The van der Waals surface area contributed by atoms with Crippen LogP contribution in [0.5, 0.6) is 0 Å². The van der Waals surface area contributed by atoms with Crippen molar-refractivity contribution in [3.63, 3.8) is 0 Å². The van der Waals surface area contributed by atoms with E-state index in [0.29, 0.717) is 18.9 Å². The van der Waals surface area contributed by atoms with E-state index in [1.807, 2.05) is 6.07 Å². The summed E-state index contributed by atoms with van der Waals surface area (Å²) in [6.45, 7) is 2.80. The van der Waals surface area contributed by atoms with Crippen molar-refractivity contribution in [2.75, 3.05) is 6.54 Å². The Labute approximate surface area is 122 Å². The second-order valence-corrected chi connectivity index (χ2v) is 7.04. The number of likely N-dealkylation sites (tertiary alicyclic amines) is 1. The summed E-state index contributed by atoms with van der Waals surface area (Å²) < 4.78 is 0. The third kappa shape index (κ3) is 2.35. The molecule has 5 heteroatoms. The Morgan fingerprint density at radius 3 is 2.95 bits per heavy atom. The zero-order valence-electron chi connectivity index (χ0n) is 11.6. The topological polar surface area (TPSA) is 57.6 Å². The summed E-state index contributed by atoms with van der Waals surface area (Å²) in [6.07, 6.45) is 4.63. The number of amides is 1. The molecule has 20 heavy (non-hydrogen) atoms. The zero-order chi connectivity index (χ0) is 14.3. The summed E-state index contributed by atoms with van der Waals surface area (Å²) in [7, 11) is 0. The van der Waals surface area contributed by atoms with Gasteiger partial charge in [-0.1, -0.05) is 6.92 Å². The molecule has 0 aromatic carbocycles. The van der Waals surface area contributed by atoms with E-state index >= 15 is 0 Å². The lowest BCUT2D eigenvalue weighted by atomic mass is 9.90. The molecule has 1 amide bonds.